The Morgan fingerprint density at radius 2 is 2.00 bits per heavy atom. The summed E-state index contributed by atoms with van der Waals surface area (Å²) in [5.74, 6) is -0.101. The monoisotopic (exact) mass is 389 g/mol. The smallest absolute Gasteiger partial charge is 0.248 e. The predicted molar refractivity (Wildman–Crippen MR) is 108 cm³/mol. The molecule has 2 amide bonds. The van der Waals surface area contributed by atoms with Crippen molar-refractivity contribution in [3.05, 3.63) is 71.9 Å². The molecule has 0 saturated heterocycles. The van der Waals surface area contributed by atoms with Gasteiger partial charge in [0.25, 0.3) is 0 Å². The molecule has 2 N–H and O–H groups in total. The van der Waals surface area contributed by atoms with E-state index in [0.29, 0.717) is 15.8 Å². The largest absolute Gasteiger partial charge is 0.307 e. The summed E-state index contributed by atoms with van der Waals surface area (Å²) in [5.41, 5.74) is 2.59. The zero-order valence-electron chi connectivity index (χ0n) is 14.7. The first-order chi connectivity index (χ1) is 13.6. The summed E-state index contributed by atoms with van der Waals surface area (Å²) in [4.78, 5) is 32.2. The first kappa shape index (κ1) is 18.9. The number of nitriles is 1. The molecule has 138 valence electrons. The molecule has 3 aromatic rings. The quantitative estimate of drug-likeness (QED) is 0.628. The summed E-state index contributed by atoms with van der Waals surface area (Å²) >= 11 is 1.13. The highest BCUT2D eigenvalue weighted by molar-refractivity contribution is 7.16. The van der Waals surface area contributed by atoms with Gasteiger partial charge in [0.15, 0.2) is 5.13 Å². The van der Waals surface area contributed by atoms with Crippen LogP contribution in [0.1, 0.15) is 10.4 Å². The van der Waals surface area contributed by atoms with E-state index < -0.39 is 0 Å². The standard InChI is InChI=1S/C20H15N5O2S/c1-2-18(26)24-17-7-6-15(11-22-17)14-5-3-4-13(8-14)9-19(27)25-20-23-12-16(10-21)28-20/h2-8,11-12H,1,9H2,(H,22,24,26)(H,23,25,27). The second-order valence-electron chi connectivity index (χ2n) is 5.69. The Labute approximate surface area is 165 Å². The Hall–Kier alpha value is -3.83. The minimum Gasteiger partial charge on any atom is -0.307 e. The predicted octanol–water partition coefficient (Wildman–Crippen LogP) is 3.38. The van der Waals surface area contributed by atoms with Crippen LogP contribution >= 0.6 is 11.3 Å². The Balaban J connectivity index is 1.68. The van der Waals surface area contributed by atoms with Crippen molar-refractivity contribution in [1.82, 2.24) is 9.97 Å². The van der Waals surface area contributed by atoms with Crippen LogP contribution in [0.4, 0.5) is 10.9 Å². The summed E-state index contributed by atoms with van der Waals surface area (Å²) in [7, 11) is 0. The fraction of sp³-hybridized carbons (Fsp3) is 0.0500. The molecule has 0 aliphatic carbocycles. The van der Waals surface area contributed by atoms with Gasteiger partial charge in [-0.25, -0.2) is 9.97 Å². The van der Waals surface area contributed by atoms with Crippen molar-refractivity contribution in [3.63, 3.8) is 0 Å². The van der Waals surface area contributed by atoms with Crippen LogP contribution in [0.15, 0.2) is 61.4 Å². The van der Waals surface area contributed by atoms with Crippen molar-refractivity contribution in [2.75, 3.05) is 10.6 Å². The van der Waals surface area contributed by atoms with E-state index in [1.54, 1.807) is 12.3 Å². The fourth-order valence-electron chi connectivity index (χ4n) is 2.41. The van der Waals surface area contributed by atoms with E-state index in [-0.39, 0.29) is 18.2 Å². The summed E-state index contributed by atoms with van der Waals surface area (Å²) in [6.07, 6.45) is 4.43. The van der Waals surface area contributed by atoms with Crippen LogP contribution in [0.25, 0.3) is 11.1 Å². The maximum Gasteiger partial charge on any atom is 0.248 e. The Kier molecular flexibility index (Phi) is 5.89. The molecule has 0 bridgehead atoms. The van der Waals surface area contributed by atoms with Gasteiger partial charge in [0.1, 0.15) is 16.8 Å². The molecular weight excluding hydrogens is 374 g/mol. The summed E-state index contributed by atoms with van der Waals surface area (Å²) in [6, 6.07) is 13.1. The van der Waals surface area contributed by atoms with Crippen molar-refractivity contribution < 1.29 is 9.59 Å². The maximum absolute atomic E-state index is 12.2. The number of aromatic nitrogens is 2. The van der Waals surface area contributed by atoms with Gasteiger partial charge in [-0.1, -0.05) is 42.2 Å². The molecule has 0 spiro atoms. The average molecular weight is 389 g/mol. The number of nitrogens with one attached hydrogen (secondary N) is 2. The Morgan fingerprint density at radius 1 is 1.14 bits per heavy atom. The van der Waals surface area contributed by atoms with Crippen LogP contribution in [0, 0.1) is 11.3 Å². The number of amides is 2. The Morgan fingerprint density at radius 3 is 2.68 bits per heavy atom. The second-order valence-corrected chi connectivity index (χ2v) is 6.72. The first-order valence-electron chi connectivity index (χ1n) is 8.22. The lowest BCUT2D eigenvalue weighted by molar-refractivity contribution is -0.115. The number of anilines is 2. The lowest BCUT2D eigenvalue weighted by Gasteiger charge is -2.07. The van der Waals surface area contributed by atoms with E-state index in [4.69, 9.17) is 5.26 Å². The van der Waals surface area contributed by atoms with Crippen molar-refractivity contribution in [1.29, 1.82) is 5.26 Å². The molecule has 2 heterocycles. The molecule has 0 radical (unpaired) electrons. The summed E-state index contributed by atoms with van der Waals surface area (Å²) in [6.45, 7) is 3.40. The minimum absolute atomic E-state index is 0.177. The molecule has 0 saturated carbocycles. The third kappa shape index (κ3) is 4.87. The van der Waals surface area contributed by atoms with Crippen LogP contribution in [-0.4, -0.2) is 21.8 Å². The second kappa shape index (κ2) is 8.70. The highest BCUT2D eigenvalue weighted by atomic mass is 32.1. The molecule has 0 fully saturated rings. The lowest BCUT2D eigenvalue weighted by atomic mass is 10.0. The normalized spacial score (nSPS) is 9.96. The molecule has 0 unspecified atom stereocenters. The summed E-state index contributed by atoms with van der Waals surface area (Å²) < 4.78 is 0. The molecule has 0 atom stereocenters. The fourth-order valence-corrected chi connectivity index (χ4v) is 3.04. The van der Waals surface area contributed by atoms with E-state index in [1.165, 1.54) is 12.3 Å². The zero-order chi connectivity index (χ0) is 19.9. The number of pyridine rings is 1. The van der Waals surface area contributed by atoms with E-state index in [2.05, 4.69) is 27.2 Å². The number of thiazole rings is 1. The molecule has 3 rings (SSSR count). The highest BCUT2D eigenvalue weighted by Gasteiger charge is 2.09. The van der Waals surface area contributed by atoms with Crippen molar-refractivity contribution in [2.24, 2.45) is 0 Å². The average Bonchev–Trinajstić information content (AvgIpc) is 3.16. The molecular formula is C20H15N5O2S. The molecule has 7 nitrogen and oxygen atoms in total. The van der Waals surface area contributed by atoms with Gasteiger partial charge in [0, 0.05) is 11.8 Å². The van der Waals surface area contributed by atoms with E-state index in [9.17, 15) is 9.59 Å². The SMILES string of the molecule is C=CC(=O)Nc1ccc(-c2cccc(CC(=O)Nc3ncc(C#N)s3)c2)cn1. The van der Waals surface area contributed by atoms with Gasteiger partial charge in [0.05, 0.1) is 12.6 Å². The number of nitrogens with zero attached hydrogens (tertiary/aromatic N) is 3. The number of rotatable bonds is 6. The van der Waals surface area contributed by atoms with Crippen LogP contribution in [0.2, 0.25) is 0 Å². The van der Waals surface area contributed by atoms with Crippen LogP contribution in [0.3, 0.4) is 0 Å². The summed E-state index contributed by atoms with van der Waals surface area (Å²) in [5, 5.41) is 14.5. The van der Waals surface area contributed by atoms with Gasteiger partial charge >= 0.3 is 0 Å². The van der Waals surface area contributed by atoms with Crippen molar-refractivity contribution in [2.45, 2.75) is 6.42 Å². The lowest BCUT2D eigenvalue weighted by Crippen LogP contribution is -2.14. The van der Waals surface area contributed by atoms with Crippen LogP contribution in [0.5, 0.6) is 0 Å². The highest BCUT2D eigenvalue weighted by Crippen LogP contribution is 2.22. The van der Waals surface area contributed by atoms with Crippen LogP contribution in [-0.2, 0) is 16.0 Å². The van der Waals surface area contributed by atoms with Gasteiger partial charge in [0.2, 0.25) is 11.8 Å². The minimum atomic E-state index is -0.324. The van der Waals surface area contributed by atoms with E-state index in [0.717, 1.165) is 28.0 Å². The first-order valence-corrected chi connectivity index (χ1v) is 9.03. The molecule has 0 aliphatic rings. The number of carbonyl (C=O) groups excluding carboxylic acids is 2. The number of hydrogen-bond donors (Lipinski definition) is 2. The van der Waals surface area contributed by atoms with Gasteiger partial charge in [-0.2, -0.15) is 5.26 Å². The topological polar surface area (TPSA) is 108 Å². The molecule has 2 aromatic heterocycles. The van der Waals surface area contributed by atoms with Gasteiger partial charge in [-0.15, -0.1) is 0 Å². The van der Waals surface area contributed by atoms with Crippen molar-refractivity contribution >= 4 is 34.1 Å². The number of carbonyl (C=O) groups is 2. The third-order valence-electron chi connectivity index (χ3n) is 3.69. The molecule has 0 aliphatic heterocycles. The van der Waals surface area contributed by atoms with Crippen LogP contribution < -0.4 is 10.6 Å². The molecule has 8 heteroatoms. The maximum atomic E-state index is 12.2. The third-order valence-corrected chi connectivity index (χ3v) is 4.50. The van der Waals surface area contributed by atoms with Gasteiger partial charge in [-0.05, 0) is 29.3 Å². The van der Waals surface area contributed by atoms with Crippen molar-refractivity contribution in [3.8, 4) is 17.2 Å². The van der Waals surface area contributed by atoms with Gasteiger partial charge in [-0.3, -0.25) is 9.59 Å². The number of benzene rings is 1. The molecule has 1 aromatic carbocycles. The molecule has 28 heavy (non-hydrogen) atoms. The van der Waals surface area contributed by atoms with E-state index in [1.807, 2.05) is 36.4 Å². The van der Waals surface area contributed by atoms with E-state index >= 15 is 0 Å². The zero-order valence-corrected chi connectivity index (χ0v) is 15.5. The van der Waals surface area contributed by atoms with Gasteiger partial charge < -0.3 is 10.6 Å². The Bertz CT molecular complexity index is 1070. The number of hydrogen-bond acceptors (Lipinski definition) is 6.